The minimum atomic E-state index is -4.33. The lowest BCUT2D eigenvalue weighted by Crippen LogP contribution is -2.30. The Hall–Kier alpha value is -1.73. The van der Waals surface area contributed by atoms with Crippen LogP contribution in [-0.4, -0.2) is 17.4 Å². The van der Waals surface area contributed by atoms with Gasteiger partial charge in [0.1, 0.15) is 0 Å². The number of thioether (sulfide) groups is 1. The Morgan fingerprint density at radius 2 is 1.68 bits per heavy atom. The van der Waals surface area contributed by atoms with Crippen molar-refractivity contribution in [2.45, 2.75) is 18.9 Å². The predicted molar refractivity (Wildman–Crippen MR) is 103 cm³/mol. The Balaban J connectivity index is 1.66. The van der Waals surface area contributed by atoms with E-state index in [-0.39, 0.29) is 0 Å². The van der Waals surface area contributed by atoms with Gasteiger partial charge in [0.2, 0.25) is 0 Å². The van der Waals surface area contributed by atoms with Gasteiger partial charge in [0, 0.05) is 23.7 Å². The van der Waals surface area contributed by atoms with Gasteiger partial charge in [-0.25, -0.2) is 0 Å². The minimum absolute atomic E-state index is 0.399. The summed E-state index contributed by atoms with van der Waals surface area (Å²) in [4.78, 5) is 0. The molecular weight excluding hydrogens is 365 g/mol. The van der Waals surface area contributed by atoms with Crippen LogP contribution in [0.3, 0.4) is 0 Å². The molecule has 0 amide bonds. The van der Waals surface area contributed by atoms with Gasteiger partial charge in [0.25, 0.3) is 0 Å². The van der Waals surface area contributed by atoms with Crippen LogP contribution in [0, 0.1) is 6.92 Å². The monoisotopic (exact) mass is 384 g/mol. The summed E-state index contributed by atoms with van der Waals surface area (Å²) in [5.41, 5.74) is 2.37. The number of benzene rings is 2. The number of hydrogen-bond acceptors (Lipinski definition) is 2. The van der Waals surface area contributed by atoms with E-state index in [4.69, 9.17) is 12.2 Å². The van der Waals surface area contributed by atoms with Crippen molar-refractivity contribution < 1.29 is 13.2 Å². The van der Waals surface area contributed by atoms with Crippen molar-refractivity contribution in [2.24, 2.45) is 0 Å². The largest absolute Gasteiger partial charge is 0.416 e. The first-order valence-electron chi connectivity index (χ1n) is 7.70. The SMILES string of the molecule is Cc1ccc(CSCCNC(=S)Nc2ccc(C(F)(F)F)cc2)cc1. The number of hydrogen-bond donors (Lipinski definition) is 2. The number of halogens is 3. The van der Waals surface area contributed by atoms with E-state index in [1.54, 1.807) is 11.8 Å². The smallest absolute Gasteiger partial charge is 0.362 e. The van der Waals surface area contributed by atoms with Crippen molar-refractivity contribution in [3.05, 3.63) is 65.2 Å². The fourth-order valence-electron chi connectivity index (χ4n) is 2.03. The molecule has 0 aliphatic rings. The quantitative estimate of drug-likeness (QED) is 0.526. The van der Waals surface area contributed by atoms with Crippen LogP contribution in [0.4, 0.5) is 18.9 Å². The molecule has 2 aromatic carbocycles. The average molecular weight is 384 g/mol. The van der Waals surface area contributed by atoms with Crippen LogP contribution < -0.4 is 10.6 Å². The maximum atomic E-state index is 12.5. The first kappa shape index (κ1) is 19.6. The molecule has 2 nitrogen and oxygen atoms in total. The second-order valence-electron chi connectivity index (χ2n) is 5.49. The normalized spacial score (nSPS) is 11.2. The zero-order valence-electron chi connectivity index (χ0n) is 13.7. The van der Waals surface area contributed by atoms with Crippen LogP contribution >= 0.6 is 24.0 Å². The molecular formula is C18H19F3N2S2. The molecule has 134 valence electrons. The van der Waals surface area contributed by atoms with E-state index in [9.17, 15) is 13.2 Å². The number of rotatable bonds is 6. The number of nitrogens with one attached hydrogen (secondary N) is 2. The Bertz CT molecular complexity index is 683. The molecule has 2 aromatic rings. The molecule has 2 N–H and O–H groups in total. The van der Waals surface area contributed by atoms with Gasteiger partial charge in [-0.2, -0.15) is 24.9 Å². The molecule has 7 heteroatoms. The molecule has 0 aromatic heterocycles. The van der Waals surface area contributed by atoms with E-state index in [0.717, 1.165) is 23.6 Å². The molecule has 0 fully saturated rings. The molecule has 0 unspecified atom stereocenters. The van der Waals surface area contributed by atoms with Crippen LogP contribution in [-0.2, 0) is 11.9 Å². The topological polar surface area (TPSA) is 24.1 Å². The van der Waals surface area contributed by atoms with Crippen LogP contribution in [0.1, 0.15) is 16.7 Å². The highest BCUT2D eigenvalue weighted by Crippen LogP contribution is 2.29. The van der Waals surface area contributed by atoms with Gasteiger partial charge < -0.3 is 10.6 Å². The molecule has 0 saturated heterocycles. The Labute approximate surface area is 155 Å². The summed E-state index contributed by atoms with van der Waals surface area (Å²) in [6, 6.07) is 13.2. The van der Waals surface area contributed by atoms with E-state index < -0.39 is 11.7 Å². The molecule has 0 radical (unpaired) electrons. The van der Waals surface area contributed by atoms with E-state index in [1.165, 1.54) is 23.3 Å². The van der Waals surface area contributed by atoms with Gasteiger partial charge in [-0.3, -0.25) is 0 Å². The lowest BCUT2D eigenvalue weighted by Gasteiger charge is -2.12. The lowest BCUT2D eigenvalue weighted by atomic mass is 10.2. The molecule has 0 bridgehead atoms. The molecule has 0 atom stereocenters. The summed E-state index contributed by atoms with van der Waals surface area (Å²) in [6.07, 6.45) is -4.33. The van der Waals surface area contributed by atoms with Crippen molar-refractivity contribution in [1.29, 1.82) is 0 Å². The van der Waals surface area contributed by atoms with Gasteiger partial charge in [-0.1, -0.05) is 29.8 Å². The van der Waals surface area contributed by atoms with Crippen molar-refractivity contribution in [3.63, 3.8) is 0 Å². The van der Waals surface area contributed by atoms with Crippen molar-refractivity contribution in [2.75, 3.05) is 17.6 Å². The minimum Gasteiger partial charge on any atom is -0.362 e. The summed E-state index contributed by atoms with van der Waals surface area (Å²) < 4.78 is 37.5. The zero-order valence-corrected chi connectivity index (χ0v) is 15.3. The van der Waals surface area contributed by atoms with E-state index in [0.29, 0.717) is 17.3 Å². The summed E-state index contributed by atoms with van der Waals surface area (Å²) >= 11 is 6.94. The first-order chi connectivity index (χ1) is 11.8. The third-order valence-electron chi connectivity index (χ3n) is 3.39. The number of alkyl halides is 3. The summed E-state index contributed by atoms with van der Waals surface area (Å²) in [5.74, 6) is 1.81. The Morgan fingerprint density at radius 3 is 2.28 bits per heavy atom. The van der Waals surface area contributed by atoms with Crippen LogP contribution in [0.5, 0.6) is 0 Å². The maximum absolute atomic E-state index is 12.5. The molecule has 0 aliphatic heterocycles. The summed E-state index contributed by atoms with van der Waals surface area (Å²) in [5, 5.41) is 6.33. The maximum Gasteiger partial charge on any atom is 0.416 e. The molecule has 0 aliphatic carbocycles. The third-order valence-corrected chi connectivity index (χ3v) is 4.67. The molecule has 0 saturated carbocycles. The predicted octanol–water partition coefficient (Wildman–Crippen LogP) is 5.23. The highest BCUT2D eigenvalue weighted by atomic mass is 32.2. The van der Waals surface area contributed by atoms with E-state index in [1.807, 2.05) is 0 Å². The second kappa shape index (κ2) is 9.10. The fourth-order valence-corrected chi connectivity index (χ4v) is 3.07. The fraction of sp³-hybridized carbons (Fsp3) is 0.278. The van der Waals surface area contributed by atoms with Crippen molar-refractivity contribution in [3.8, 4) is 0 Å². The second-order valence-corrected chi connectivity index (χ2v) is 7.01. The first-order valence-corrected chi connectivity index (χ1v) is 9.26. The van der Waals surface area contributed by atoms with Crippen molar-refractivity contribution >= 4 is 34.8 Å². The molecule has 25 heavy (non-hydrogen) atoms. The summed E-state index contributed by atoms with van der Waals surface area (Å²) in [7, 11) is 0. The molecule has 0 heterocycles. The number of anilines is 1. The van der Waals surface area contributed by atoms with Crippen LogP contribution in [0.2, 0.25) is 0 Å². The van der Waals surface area contributed by atoms with Gasteiger partial charge in [0.15, 0.2) is 5.11 Å². The van der Waals surface area contributed by atoms with Crippen LogP contribution in [0.15, 0.2) is 48.5 Å². The molecule has 2 rings (SSSR count). The average Bonchev–Trinajstić information content (AvgIpc) is 2.56. The zero-order chi connectivity index (χ0) is 18.3. The van der Waals surface area contributed by atoms with Gasteiger partial charge in [-0.15, -0.1) is 0 Å². The van der Waals surface area contributed by atoms with Gasteiger partial charge in [0.05, 0.1) is 5.56 Å². The number of thiocarbonyl (C=S) groups is 1. The Kier molecular flexibility index (Phi) is 7.13. The van der Waals surface area contributed by atoms with E-state index in [2.05, 4.69) is 41.8 Å². The third kappa shape index (κ3) is 6.96. The molecule has 0 spiro atoms. The van der Waals surface area contributed by atoms with Crippen molar-refractivity contribution in [1.82, 2.24) is 5.32 Å². The highest BCUT2D eigenvalue weighted by Gasteiger charge is 2.29. The van der Waals surface area contributed by atoms with E-state index >= 15 is 0 Å². The van der Waals surface area contributed by atoms with Crippen LogP contribution in [0.25, 0.3) is 0 Å². The summed E-state index contributed by atoms with van der Waals surface area (Å²) in [6.45, 7) is 2.74. The highest BCUT2D eigenvalue weighted by molar-refractivity contribution is 7.98. The standard InChI is InChI=1S/C18H19F3N2S2/c1-13-2-4-14(5-3-13)12-25-11-10-22-17(24)23-16-8-6-15(7-9-16)18(19,20)21/h2-9H,10-12H2,1H3,(H2,22,23,24). The van der Waals surface area contributed by atoms with Gasteiger partial charge in [-0.05, 0) is 49.0 Å². The number of aryl methyl sites for hydroxylation is 1. The Morgan fingerprint density at radius 1 is 1.04 bits per heavy atom. The van der Waals surface area contributed by atoms with Gasteiger partial charge >= 0.3 is 6.18 Å². The lowest BCUT2D eigenvalue weighted by molar-refractivity contribution is -0.137.